The van der Waals surface area contributed by atoms with Gasteiger partial charge in [0.05, 0.1) is 22.8 Å². The Morgan fingerprint density at radius 3 is 2.56 bits per heavy atom. The molecule has 0 radical (unpaired) electrons. The van der Waals surface area contributed by atoms with Crippen LogP contribution in [0.5, 0.6) is 0 Å². The summed E-state index contributed by atoms with van der Waals surface area (Å²) in [4.78, 5) is 36.6. The third kappa shape index (κ3) is 4.59. The number of Topliss-reactive ketones (excluding diaryl/α,β-unsaturated/α-hetero) is 1. The first-order chi connectivity index (χ1) is 16.6. The third-order valence-corrected chi connectivity index (χ3v) is 7.53. The van der Waals surface area contributed by atoms with Gasteiger partial charge in [-0.05, 0) is 59.9 Å². The molecule has 1 aliphatic heterocycles. The van der Waals surface area contributed by atoms with Crippen molar-refractivity contribution in [2.75, 3.05) is 6.54 Å². The maximum Gasteiger partial charge on any atom is 0.223 e. The zero-order valence-electron chi connectivity index (χ0n) is 19.2. The summed E-state index contributed by atoms with van der Waals surface area (Å²) in [7, 11) is 0. The molecule has 5 rings (SSSR count). The average Bonchev–Trinajstić information content (AvgIpc) is 3.63. The van der Waals surface area contributed by atoms with Crippen molar-refractivity contribution >= 4 is 23.0 Å². The number of H-pyrrole nitrogens is 1. The summed E-state index contributed by atoms with van der Waals surface area (Å²) >= 11 is 1.62. The maximum absolute atomic E-state index is 13.2. The fourth-order valence-electron chi connectivity index (χ4n) is 4.60. The van der Waals surface area contributed by atoms with Crippen molar-refractivity contribution in [3.8, 4) is 21.7 Å². The molecule has 5 nitrogen and oxygen atoms in total. The van der Waals surface area contributed by atoms with Crippen molar-refractivity contribution in [2.24, 2.45) is 0 Å². The summed E-state index contributed by atoms with van der Waals surface area (Å²) in [5, 5.41) is 2.03. The molecule has 0 bridgehead atoms. The molecule has 172 valence electrons. The molecule has 1 atom stereocenters. The summed E-state index contributed by atoms with van der Waals surface area (Å²) in [5.41, 5.74) is 5.47. The second-order valence-electron chi connectivity index (χ2n) is 8.75. The van der Waals surface area contributed by atoms with Crippen LogP contribution in [-0.2, 0) is 11.2 Å². The van der Waals surface area contributed by atoms with E-state index >= 15 is 0 Å². The second-order valence-corrected chi connectivity index (χ2v) is 9.67. The van der Waals surface area contributed by atoms with Gasteiger partial charge in [-0.25, -0.2) is 4.98 Å². The molecule has 2 aromatic carbocycles. The van der Waals surface area contributed by atoms with Gasteiger partial charge in [0, 0.05) is 13.0 Å². The monoisotopic (exact) mass is 469 g/mol. The smallest absolute Gasteiger partial charge is 0.223 e. The zero-order chi connectivity index (χ0) is 23.5. The van der Waals surface area contributed by atoms with Crippen molar-refractivity contribution in [3.05, 3.63) is 89.2 Å². The lowest BCUT2D eigenvalue weighted by molar-refractivity contribution is -0.131. The minimum Gasteiger partial charge on any atom is -0.335 e. The number of nitrogens with one attached hydrogen (secondary N) is 1. The van der Waals surface area contributed by atoms with Crippen LogP contribution in [0.25, 0.3) is 21.7 Å². The zero-order valence-corrected chi connectivity index (χ0v) is 20.0. The molecule has 1 N–H and O–H groups in total. The number of benzene rings is 2. The number of hydrogen-bond donors (Lipinski definition) is 1. The van der Waals surface area contributed by atoms with E-state index in [1.165, 1.54) is 5.56 Å². The number of carbonyl (C=O) groups is 2. The number of thiophene rings is 1. The predicted octanol–water partition coefficient (Wildman–Crippen LogP) is 5.92. The Kier molecular flexibility index (Phi) is 6.41. The highest BCUT2D eigenvalue weighted by Crippen LogP contribution is 2.29. The van der Waals surface area contributed by atoms with Crippen LogP contribution in [0.15, 0.2) is 72.2 Å². The van der Waals surface area contributed by atoms with E-state index in [0.29, 0.717) is 31.6 Å². The Morgan fingerprint density at radius 2 is 1.82 bits per heavy atom. The van der Waals surface area contributed by atoms with Crippen LogP contribution in [0, 0.1) is 6.92 Å². The van der Waals surface area contributed by atoms with E-state index in [1.54, 1.807) is 22.4 Å². The molecular weight excluding hydrogens is 442 g/mol. The first-order valence-electron chi connectivity index (χ1n) is 11.7. The third-order valence-electron chi connectivity index (χ3n) is 6.48. The number of nitrogens with zero attached hydrogens (tertiary/aromatic N) is 2. The molecule has 0 saturated carbocycles. The number of amides is 1. The van der Waals surface area contributed by atoms with Gasteiger partial charge >= 0.3 is 0 Å². The van der Waals surface area contributed by atoms with Gasteiger partial charge in [-0.2, -0.15) is 0 Å². The Morgan fingerprint density at radius 1 is 1.06 bits per heavy atom. The molecule has 34 heavy (non-hydrogen) atoms. The minimum atomic E-state index is -0.434. The number of likely N-dealkylation sites (tertiary alicyclic amines) is 1. The van der Waals surface area contributed by atoms with Gasteiger partial charge in [0.25, 0.3) is 0 Å². The molecule has 3 heterocycles. The van der Waals surface area contributed by atoms with Gasteiger partial charge in [-0.1, -0.05) is 54.6 Å². The summed E-state index contributed by atoms with van der Waals surface area (Å²) < 4.78 is 0. The van der Waals surface area contributed by atoms with Crippen LogP contribution in [0.4, 0.5) is 0 Å². The van der Waals surface area contributed by atoms with Crippen molar-refractivity contribution in [3.63, 3.8) is 0 Å². The first-order valence-corrected chi connectivity index (χ1v) is 12.6. The molecule has 1 fully saturated rings. The number of aromatic nitrogens is 2. The minimum absolute atomic E-state index is 0.0314. The fraction of sp³-hybridized carbons (Fsp3) is 0.250. The maximum atomic E-state index is 13.2. The van der Waals surface area contributed by atoms with E-state index in [9.17, 15) is 9.59 Å². The Balaban J connectivity index is 1.22. The molecule has 4 aromatic rings. The molecule has 1 amide bonds. The second kappa shape index (κ2) is 9.77. The van der Waals surface area contributed by atoms with Crippen LogP contribution >= 0.6 is 11.3 Å². The lowest BCUT2D eigenvalue weighted by Gasteiger charge is -2.23. The van der Waals surface area contributed by atoms with Crippen LogP contribution in [0.1, 0.15) is 41.0 Å². The molecule has 0 spiro atoms. The van der Waals surface area contributed by atoms with Crippen molar-refractivity contribution in [1.29, 1.82) is 0 Å². The van der Waals surface area contributed by atoms with Crippen molar-refractivity contribution < 1.29 is 9.59 Å². The number of imidazole rings is 1. The fourth-order valence-corrected chi connectivity index (χ4v) is 5.49. The Labute approximate surface area is 203 Å². The van der Waals surface area contributed by atoms with Gasteiger partial charge in [-0.3, -0.25) is 9.59 Å². The molecule has 0 aliphatic carbocycles. The topological polar surface area (TPSA) is 66.1 Å². The number of carbonyl (C=O) groups excluding carboxylic acids is 2. The van der Waals surface area contributed by atoms with Crippen LogP contribution in [0.2, 0.25) is 0 Å². The molecule has 0 unspecified atom stereocenters. The molecule has 2 aromatic heterocycles. The normalized spacial score (nSPS) is 15.6. The highest BCUT2D eigenvalue weighted by Gasteiger charge is 2.35. The number of hydrogen-bond acceptors (Lipinski definition) is 4. The summed E-state index contributed by atoms with van der Waals surface area (Å²) in [6, 6.07) is 20.2. The Bertz CT molecular complexity index is 1290. The van der Waals surface area contributed by atoms with Crippen LogP contribution < -0.4 is 0 Å². The van der Waals surface area contributed by atoms with E-state index < -0.39 is 6.04 Å². The van der Waals surface area contributed by atoms with Gasteiger partial charge in [0.1, 0.15) is 0 Å². The summed E-state index contributed by atoms with van der Waals surface area (Å²) in [6.07, 6.45) is 4.29. The lowest BCUT2D eigenvalue weighted by Crippen LogP contribution is -2.41. The van der Waals surface area contributed by atoms with Gasteiger partial charge < -0.3 is 9.88 Å². The quantitative estimate of drug-likeness (QED) is 0.342. The molecule has 1 saturated heterocycles. The summed E-state index contributed by atoms with van der Waals surface area (Å²) in [5.74, 6) is 0.270. The standard InChI is InChI=1S/C28H27N3O2S/c1-19-15-17-34-27(19)23-18-29-28(30-23)26(33)24-8-5-16-31(24)25(32)14-11-20-9-12-22(13-10-20)21-6-3-2-4-7-21/h2-4,6-7,9-10,12-13,15,17-18,24H,5,8,11,14,16H2,1H3,(H,29,30)/t24-/m0/s1. The van der Waals surface area contributed by atoms with E-state index in [4.69, 9.17) is 0 Å². The Hall–Kier alpha value is -3.51. The van der Waals surface area contributed by atoms with Crippen LogP contribution in [0.3, 0.4) is 0 Å². The lowest BCUT2D eigenvalue weighted by atomic mass is 10.0. The van der Waals surface area contributed by atoms with E-state index in [0.717, 1.165) is 33.7 Å². The number of rotatable bonds is 7. The van der Waals surface area contributed by atoms with Gasteiger partial charge in [-0.15, -0.1) is 11.3 Å². The highest BCUT2D eigenvalue weighted by molar-refractivity contribution is 7.13. The SMILES string of the molecule is Cc1ccsc1-c1cnc(C(=O)[C@@H]2CCCN2C(=O)CCc2ccc(-c3ccccc3)cc2)[nH]1. The predicted molar refractivity (Wildman–Crippen MR) is 136 cm³/mol. The largest absolute Gasteiger partial charge is 0.335 e. The van der Waals surface area contributed by atoms with Crippen molar-refractivity contribution in [2.45, 2.75) is 38.6 Å². The highest BCUT2D eigenvalue weighted by atomic mass is 32.1. The van der Waals surface area contributed by atoms with E-state index in [1.807, 2.05) is 30.5 Å². The summed E-state index contributed by atoms with van der Waals surface area (Å²) in [6.45, 7) is 2.67. The van der Waals surface area contributed by atoms with Crippen molar-refractivity contribution in [1.82, 2.24) is 14.9 Å². The van der Waals surface area contributed by atoms with E-state index in [2.05, 4.69) is 52.4 Å². The molecule has 6 heteroatoms. The number of aryl methyl sites for hydroxylation is 2. The average molecular weight is 470 g/mol. The van der Waals surface area contributed by atoms with Gasteiger partial charge in [0.2, 0.25) is 11.7 Å². The number of aromatic amines is 1. The van der Waals surface area contributed by atoms with Gasteiger partial charge in [0.15, 0.2) is 5.82 Å². The van der Waals surface area contributed by atoms with E-state index in [-0.39, 0.29) is 11.7 Å². The molecular formula is C28H27N3O2S. The first kappa shape index (κ1) is 22.3. The van der Waals surface area contributed by atoms with Crippen LogP contribution in [-0.4, -0.2) is 39.1 Å². The molecule has 1 aliphatic rings. The number of ketones is 1.